The molecule has 144 valence electrons. The van der Waals surface area contributed by atoms with Crippen molar-refractivity contribution in [3.63, 3.8) is 0 Å². The SMILES string of the molecule is O=C(O)C(c1c[nH]c2cc(F)ccc12)N1C[C@@H]2C[C@@H](C1)c1cccc(=O)n1C2. The number of halogens is 1. The Morgan fingerprint density at radius 3 is 2.89 bits per heavy atom. The Bertz CT molecular complexity index is 1140. The summed E-state index contributed by atoms with van der Waals surface area (Å²) < 4.78 is 15.3. The van der Waals surface area contributed by atoms with E-state index >= 15 is 0 Å². The molecule has 5 rings (SSSR count). The molecular formula is C21H20FN3O3. The highest BCUT2D eigenvalue weighted by Gasteiger charge is 2.40. The fourth-order valence-corrected chi connectivity index (χ4v) is 4.98. The van der Waals surface area contributed by atoms with Crippen molar-refractivity contribution in [2.75, 3.05) is 13.1 Å². The van der Waals surface area contributed by atoms with Crippen molar-refractivity contribution >= 4 is 16.9 Å². The first-order valence-electron chi connectivity index (χ1n) is 9.44. The number of aromatic nitrogens is 2. The number of hydrogen-bond donors (Lipinski definition) is 2. The molecule has 1 unspecified atom stereocenters. The third kappa shape index (κ3) is 2.65. The van der Waals surface area contributed by atoms with Crippen LogP contribution < -0.4 is 5.56 Å². The standard InChI is InChI=1S/C21H20FN3O3/c22-14-4-5-15-16(8-23-17(15)7-14)20(21(27)28)24-9-12-6-13(11-24)18-2-1-3-19(26)25(18)10-12/h1-5,7-8,12-13,20,23H,6,9-11H2,(H,27,28)/t12-,13-,20?/m0/s1. The molecule has 4 heterocycles. The Hall–Kier alpha value is -2.93. The Morgan fingerprint density at radius 2 is 2.07 bits per heavy atom. The molecule has 1 fully saturated rings. The largest absolute Gasteiger partial charge is 0.480 e. The van der Waals surface area contributed by atoms with E-state index in [2.05, 4.69) is 4.98 Å². The van der Waals surface area contributed by atoms with Crippen molar-refractivity contribution in [2.45, 2.75) is 24.9 Å². The average molecular weight is 381 g/mol. The molecule has 3 atom stereocenters. The molecule has 1 saturated heterocycles. The summed E-state index contributed by atoms with van der Waals surface area (Å²) >= 11 is 0. The second kappa shape index (κ2) is 6.31. The first-order chi connectivity index (χ1) is 13.5. The van der Waals surface area contributed by atoms with Crippen LogP contribution in [0.1, 0.15) is 29.6 Å². The molecule has 2 aliphatic rings. The molecule has 0 saturated carbocycles. The van der Waals surface area contributed by atoms with Gasteiger partial charge in [-0.15, -0.1) is 0 Å². The van der Waals surface area contributed by atoms with Gasteiger partial charge < -0.3 is 14.7 Å². The van der Waals surface area contributed by atoms with Gasteiger partial charge in [-0.2, -0.15) is 0 Å². The summed E-state index contributed by atoms with van der Waals surface area (Å²) in [6.45, 7) is 1.81. The van der Waals surface area contributed by atoms with E-state index in [1.165, 1.54) is 12.1 Å². The van der Waals surface area contributed by atoms with Gasteiger partial charge in [0.15, 0.2) is 0 Å². The molecule has 0 radical (unpaired) electrons. The number of likely N-dealkylation sites (tertiary alicyclic amines) is 1. The lowest BCUT2D eigenvalue weighted by atomic mass is 9.82. The van der Waals surface area contributed by atoms with Crippen molar-refractivity contribution in [1.29, 1.82) is 0 Å². The van der Waals surface area contributed by atoms with Crippen LogP contribution in [0, 0.1) is 11.7 Å². The van der Waals surface area contributed by atoms with Gasteiger partial charge in [0.25, 0.3) is 5.56 Å². The molecule has 2 aliphatic heterocycles. The van der Waals surface area contributed by atoms with Crippen LogP contribution in [0.3, 0.4) is 0 Å². The number of pyridine rings is 1. The monoisotopic (exact) mass is 381 g/mol. The number of piperidine rings is 1. The van der Waals surface area contributed by atoms with Gasteiger partial charge in [0, 0.05) is 60.0 Å². The fourth-order valence-electron chi connectivity index (χ4n) is 4.98. The topological polar surface area (TPSA) is 78.3 Å². The Morgan fingerprint density at radius 1 is 1.21 bits per heavy atom. The summed E-state index contributed by atoms with van der Waals surface area (Å²) in [6, 6.07) is 8.87. The fraction of sp³-hybridized carbons (Fsp3) is 0.333. The molecule has 2 aromatic heterocycles. The van der Waals surface area contributed by atoms with Crippen molar-refractivity contribution < 1.29 is 14.3 Å². The smallest absolute Gasteiger partial charge is 0.325 e. The second-order valence-corrected chi connectivity index (χ2v) is 7.83. The highest BCUT2D eigenvalue weighted by Crippen LogP contribution is 2.39. The van der Waals surface area contributed by atoms with Gasteiger partial charge in [-0.3, -0.25) is 14.5 Å². The number of hydrogen-bond acceptors (Lipinski definition) is 3. The zero-order chi connectivity index (χ0) is 19.4. The van der Waals surface area contributed by atoms with Gasteiger partial charge in [-0.05, 0) is 36.6 Å². The maximum Gasteiger partial charge on any atom is 0.325 e. The molecular weight excluding hydrogens is 361 g/mol. The normalized spacial score (nSPS) is 22.8. The maximum absolute atomic E-state index is 13.5. The molecule has 1 aromatic carbocycles. The quantitative estimate of drug-likeness (QED) is 0.731. The van der Waals surface area contributed by atoms with Crippen LogP contribution in [0.25, 0.3) is 10.9 Å². The van der Waals surface area contributed by atoms with E-state index in [1.807, 2.05) is 15.5 Å². The molecule has 28 heavy (non-hydrogen) atoms. The van der Waals surface area contributed by atoms with Crippen LogP contribution in [0.4, 0.5) is 4.39 Å². The van der Waals surface area contributed by atoms with E-state index < -0.39 is 12.0 Å². The number of carboxylic acid groups (broad SMARTS) is 1. The van der Waals surface area contributed by atoms with E-state index in [0.717, 1.165) is 17.5 Å². The molecule has 2 N–H and O–H groups in total. The molecule has 0 spiro atoms. The van der Waals surface area contributed by atoms with E-state index in [0.29, 0.717) is 30.7 Å². The summed E-state index contributed by atoms with van der Waals surface area (Å²) in [7, 11) is 0. The van der Waals surface area contributed by atoms with Crippen LogP contribution >= 0.6 is 0 Å². The highest BCUT2D eigenvalue weighted by atomic mass is 19.1. The molecule has 7 heteroatoms. The van der Waals surface area contributed by atoms with Crippen LogP contribution in [0.5, 0.6) is 0 Å². The lowest BCUT2D eigenvalue weighted by Crippen LogP contribution is -2.49. The number of nitrogens with one attached hydrogen (secondary N) is 1. The van der Waals surface area contributed by atoms with Gasteiger partial charge in [-0.25, -0.2) is 4.39 Å². The van der Waals surface area contributed by atoms with Gasteiger partial charge in [0.2, 0.25) is 0 Å². The van der Waals surface area contributed by atoms with Crippen molar-refractivity contribution in [2.24, 2.45) is 5.92 Å². The van der Waals surface area contributed by atoms with E-state index in [4.69, 9.17) is 0 Å². The highest BCUT2D eigenvalue weighted by molar-refractivity contribution is 5.89. The van der Waals surface area contributed by atoms with Crippen molar-refractivity contribution in [1.82, 2.24) is 14.5 Å². The Balaban J connectivity index is 1.54. The number of nitrogens with zero attached hydrogens (tertiary/aromatic N) is 2. The number of carboxylic acids is 1. The molecule has 0 aliphatic carbocycles. The van der Waals surface area contributed by atoms with E-state index in [-0.39, 0.29) is 23.2 Å². The number of fused-ring (bicyclic) bond motifs is 5. The van der Waals surface area contributed by atoms with Gasteiger partial charge >= 0.3 is 5.97 Å². The number of benzene rings is 1. The van der Waals surface area contributed by atoms with E-state index in [1.54, 1.807) is 24.4 Å². The average Bonchev–Trinajstić information content (AvgIpc) is 3.05. The van der Waals surface area contributed by atoms with Crippen LogP contribution in [0.2, 0.25) is 0 Å². The predicted molar refractivity (Wildman–Crippen MR) is 102 cm³/mol. The van der Waals surface area contributed by atoms with Crippen LogP contribution in [-0.4, -0.2) is 38.6 Å². The molecule has 2 bridgehead atoms. The summed E-state index contributed by atoms with van der Waals surface area (Å²) in [5.41, 5.74) is 2.23. The van der Waals surface area contributed by atoms with Gasteiger partial charge in [0.1, 0.15) is 11.9 Å². The van der Waals surface area contributed by atoms with Crippen molar-refractivity contribution in [3.8, 4) is 0 Å². The zero-order valence-corrected chi connectivity index (χ0v) is 15.1. The first kappa shape index (κ1) is 17.2. The molecule has 3 aromatic rings. The van der Waals surface area contributed by atoms with Crippen molar-refractivity contribution in [3.05, 3.63) is 70.0 Å². The van der Waals surface area contributed by atoms with Gasteiger partial charge in [0.05, 0.1) is 0 Å². The van der Waals surface area contributed by atoms with E-state index in [9.17, 15) is 19.1 Å². The minimum atomic E-state index is -0.921. The summed E-state index contributed by atoms with van der Waals surface area (Å²) in [4.78, 5) is 29.4. The first-order valence-corrected chi connectivity index (χ1v) is 9.44. The minimum Gasteiger partial charge on any atom is -0.480 e. The number of carbonyl (C=O) groups is 1. The lowest BCUT2D eigenvalue weighted by Gasteiger charge is -2.44. The lowest BCUT2D eigenvalue weighted by molar-refractivity contribution is -0.144. The third-order valence-corrected chi connectivity index (χ3v) is 6.08. The Kier molecular flexibility index (Phi) is 3.87. The zero-order valence-electron chi connectivity index (χ0n) is 15.1. The predicted octanol–water partition coefficient (Wildman–Crippen LogP) is 2.71. The minimum absolute atomic E-state index is 0.00842. The number of H-pyrrole nitrogens is 1. The van der Waals surface area contributed by atoms with Gasteiger partial charge in [-0.1, -0.05) is 6.07 Å². The molecule has 6 nitrogen and oxygen atoms in total. The molecule has 0 amide bonds. The second-order valence-electron chi connectivity index (χ2n) is 7.83. The number of aromatic amines is 1. The third-order valence-electron chi connectivity index (χ3n) is 6.08. The summed E-state index contributed by atoms with van der Waals surface area (Å²) in [5.74, 6) is -0.917. The Labute approximate surface area is 160 Å². The number of rotatable bonds is 3. The maximum atomic E-state index is 13.5. The van der Waals surface area contributed by atoms with Crippen LogP contribution in [0.15, 0.2) is 47.4 Å². The van der Waals surface area contributed by atoms with Crippen LogP contribution in [-0.2, 0) is 11.3 Å². The summed E-state index contributed by atoms with van der Waals surface area (Å²) in [6.07, 6.45) is 2.64. The number of aliphatic carboxylic acids is 1. The summed E-state index contributed by atoms with van der Waals surface area (Å²) in [5, 5.41) is 10.8.